The lowest BCUT2D eigenvalue weighted by Crippen LogP contribution is -2.22. The second kappa shape index (κ2) is 14.1. The van der Waals surface area contributed by atoms with Crippen LogP contribution in [0.5, 0.6) is 0 Å². The summed E-state index contributed by atoms with van der Waals surface area (Å²) in [5.41, 5.74) is 1.42. The Labute approximate surface area is 252 Å². The van der Waals surface area contributed by atoms with Crippen LogP contribution < -0.4 is 0 Å². The first-order valence-corrected chi connectivity index (χ1v) is 22.2. The predicted octanol–water partition coefficient (Wildman–Crippen LogP) is 9.94. The van der Waals surface area contributed by atoms with Gasteiger partial charge in [0, 0.05) is 44.2 Å². The normalized spacial score (nSPS) is 12.6. The SMILES string of the molecule is C[Si](C)(C)CCOCOCc1nc2cc(Sc3ccc(Cl)cc3Cl)c(Cl)c(Cl)c2n1COCC[Si](C)(C)C. The van der Waals surface area contributed by atoms with Gasteiger partial charge in [-0.15, -0.1) is 0 Å². The van der Waals surface area contributed by atoms with E-state index in [9.17, 15) is 0 Å². The monoisotopic (exact) mass is 652 g/mol. The molecule has 1 heterocycles. The Hall–Kier alpha value is -0.266. The molecule has 0 bridgehead atoms. The first-order chi connectivity index (χ1) is 17.7. The highest BCUT2D eigenvalue weighted by Crippen LogP contribution is 2.44. The third kappa shape index (κ3) is 9.68. The Morgan fingerprint density at radius 2 is 1.47 bits per heavy atom. The summed E-state index contributed by atoms with van der Waals surface area (Å²) in [6.07, 6.45) is 0. The molecule has 0 amide bonds. The number of aromatic nitrogens is 2. The molecule has 0 atom stereocenters. The smallest absolute Gasteiger partial charge is 0.147 e. The van der Waals surface area contributed by atoms with Crippen LogP contribution in [-0.4, -0.2) is 45.7 Å². The lowest BCUT2D eigenvalue weighted by molar-refractivity contribution is -0.0609. The first kappa shape index (κ1) is 32.3. The van der Waals surface area contributed by atoms with Crippen LogP contribution in [0.4, 0.5) is 0 Å². The van der Waals surface area contributed by atoms with E-state index >= 15 is 0 Å². The zero-order valence-electron chi connectivity index (χ0n) is 22.8. The topological polar surface area (TPSA) is 45.5 Å². The molecule has 38 heavy (non-hydrogen) atoms. The first-order valence-electron chi connectivity index (χ1n) is 12.5. The third-order valence-electron chi connectivity index (χ3n) is 5.68. The molecule has 0 fully saturated rings. The fraction of sp³-hybridized carbons (Fsp3) is 0.500. The van der Waals surface area contributed by atoms with Gasteiger partial charge in [-0.25, -0.2) is 4.98 Å². The summed E-state index contributed by atoms with van der Waals surface area (Å²) in [6.45, 7) is 16.1. The fourth-order valence-electron chi connectivity index (χ4n) is 3.41. The molecule has 2 aromatic carbocycles. The van der Waals surface area contributed by atoms with Crippen molar-refractivity contribution >= 4 is 85.3 Å². The second-order valence-electron chi connectivity index (χ2n) is 11.5. The molecule has 0 aliphatic heterocycles. The highest BCUT2D eigenvalue weighted by molar-refractivity contribution is 7.99. The standard InChI is InChI=1S/C26H36Cl4N2O3SSi2/c1-37(2,3)11-9-33-16-32-23(15-35-17-34-10-12-38(4,5)6)31-20-14-22(24(29)25(30)26(20)32)36-21-8-7-18(27)13-19(21)28/h7-8,13-14H,9-12,15-17H2,1-6H3. The van der Waals surface area contributed by atoms with E-state index in [2.05, 4.69) is 39.3 Å². The maximum atomic E-state index is 6.84. The Morgan fingerprint density at radius 3 is 2.11 bits per heavy atom. The van der Waals surface area contributed by atoms with Crippen molar-refractivity contribution in [3.8, 4) is 0 Å². The number of halogens is 4. The summed E-state index contributed by atoms with van der Waals surface area (Å²) >= 11 is 27.5. The molecule has 0 saturated heterocycles. The van der Waals surface area contributed by atoms with Crippen LogP contribution in [-0.2, 0) is 27.5 Å². The van der Waals surface area contributed by atoms with Gasteiger partial charge < -0.3 is 18.8 Å². The van der Waals surface area contributed by atoms with Gasteiger partial charge in [0.25, 0.3) is 0 Å². The fourth-order valence-corrected chi connectivity index (χ4v) is 6.96. The summed E-state index contributed by atoms with van der Waals surface area (Å²) in [6, 6.07) is 9.42. The molecule has 12 heteroatoms. The van der Waals surface area contributed by atoms with Crippen LogP contribution in [0.3, 0.4) is 0 Å². The van der Waals surface area contributed by atoms with E-state index < -0.39 is 16.1 Å². The molecule has 0 aliphatic rings. The molecule has 3 rings (SSSR count). The van der Waals surface area contributed by atoms with Crippen molar-refractivity contribution in [2.24, 2.45) is 0 Å². The van der Waals surface area contributed by atoms with Gasteiger partial charge in [-0.05, 0) is 36.4 Å². The lowest BCUT2D eigenvalue weighted by atomic mass is 10.3. The van der Waals surface area contributed by atoms with E-state index in [-0.39, 0.29) is 13.4 Å². The van der Waals surface area contributed by atoms with E-state index in [1.807, 2.05) is 16.7 Å². The highest BCUT2D eigenvalue weighted by atomic mass is 35.5. The Morgan fingerprint density at radius 1 is 0.816 bits per heavy atom. The van der Waals surface area contributed by atoms with Gasteiger partial charge in [0.05, 0.1) is 26.1 Å². The zero-order chi connectivity index (χ0) is 28.1. The molecule has 3 aromatic rings. The summed E-state index contributed by atoms with van der Waals surface area (Å²) in [5.74, 6) is 0.700. The second-order valence-corrected chi connectivity index (χ2v) is 25.5. The molecule has 0 aliphatic carbocycles. The van der Waals surface area contributed by atoms with Crippen molar-refractivity contribution in [1.29, 1.82) is 0 Å². The van der Waals surface area contributed by atoms with Gasteiger partial charge in [0.15, 0.2) is 0 Å². The van der Waals surface area contributed by atoms with Crippen LogP contribution in [0.1, 0.15) is 5.82 Å². The number of hydrogen-bond acceptors (Lipinski definition) is 5. The van der Waals surface area contributed by atoms with Gasteiger partial charge >= 0.3 is 0 Å². The molecule has 0 spiro atoms. The summed E-state index contributed by atoms with van der Waals surface area (Å²) < 4.78 is 19.6. The Bertz CT molecular complexity index is 1250. The van der Waals surface area contributed by atoms with Crippen LogP contribution in [0.15, 0.2) is 34.1 Å². The molecule has 0 N–H and O–H groups in total. The Balaban J connectivity index is 1.84. The molecule has 0 saturated carbocycles. The summed E-state index contributed by atoms with van der Waals surface area (Å²) in [4.78, 5) is 6.42. The number of benzene rings is 2. The number of hydrogen-bond donors (Lipinski definition) is 0. The van der Waals surface area contributed by atoms with Crippen molar-refractivity contribution in [2.75, 3.05) is 20.0 Å². The maximum absolute atomic E-state index is 6.84. The van der Waals surface area contributed by atoms with E-state index in [1.54, 1.807) is 12.1 Å². The van der Waals surface area contributed by atoms with Gasteiger partial charge in [0.1, 0.15) is 26.0 Å². The van der Waals surface area contributed by atoms with Crippen LogP contribution in [0.2, 0.25) is 71.5 Å². The largest absolute Gasteiger partial charge is 0.361 e. The summed E-state index contributed by atoms with van der Waals surface area (Å²) in [7, 11) is -2.38. The van der Waals surface area contributed by atoms with Crippen molar-refractivity contribution in [3.63, 3.8) is 0 Å². The zero-order valence-corrected chi connectivity index (χ0v) is 28.6. The van der Waals surface area contributed by atoms with E-state index in [0.717, 1.165) is 27.4 Å². The molecular weight excluding hydrogens is 618 g/mol. The Kier molecular flexibility index (Phi) is 11.9. The van der Waals surface area contributed by atoms with Crippen molar-refractivity contribution < 1.29 is 14.2 Å². The average molecular weight is 655 g/mol. The number of rotatable bonds is 14. The number of ether oxygens (including phenoxy) is 3. The van der Waals surface area contributed by atoms with E-state index in [4.69, 9.17) is 65.6 Å². The minimum Gasteiger partial charge on any atom is -0.361 e. The predicted molar refractivity (Wildman–Crippen MR) is 168 cm³/mol. The van der Waals surface area contributed by atoms with Crippen molar-refractivity contribution in [3.05, 3.63) is 50.2 Å². The van der Waals surface area contributed by atoms with Crippen molar-refractivity contribution in [1.82, 2.24) is 9.55 Å². The van der Waals surface area contributed by atoms with E-state index in [0.29, 0.717) is 51.4 Å². The van der Waals surface area contributed by atoms with Gasteiger partial charge in [0.2, 0.25) is 0 Å². The molecule has 210 valence electrons. The van der Waals surface area contributed by atoms with Crippen LogP contribution in [0, 0.1) is 0 Å². The number of nitrogens with zero attached hydrogens (tertiary/aromatic N) is 2. The van der Waals surface area contributed by atoms with Gasteiger partial charge in [-0.1, -0.05) is 97.4 Å². The highest BCUT2D eigenvalue weighted by Gasteiger charge is 2.21. The van der Waals surface area contributed by atoms with E-state index in [1.165, 1.54) is 11.8 Å². The summed E-state index contributed by atoms with van der Waals surface area (Å²) in [5, 5.41) is 1.96. The molecular formula is C26H36Cl4N2O3SSi2. The third-order valence-corrected chi connectivity index (χ3v) is 11.8. The molecule has 0 unspecified atom stereocenters. The quantitative estimate of drug-likeness (QED) is 0.0984. The lowest BCUT2D eigenvalue weighted by Gasteiger charge is -2.17. The minimum absolute atomic E-state index is 0.203. The molecule has 1 aromatic heterocycles. The van der Waals surface area contributed by atoms with Gasteiger partial charge in [-0.3, -0.25) is 0 Å². The maximum Gasteiger partial charge on any atom is 0.147 e. The van der Waals surface area contributed by atoms with Crippen molar-refractivity contribution in [2.45, 2.75) is 74.5 Å². The van der Waals surface area contributed by atoms with Crippen LogP contribution in [0.25, 0.3) is 11.0 Å². The average Bonchev–Trinajstić information content (AvgIpc) is 3.14. The van der Waals surface area contributed by atoms with Gasteiger partial charge in [-0.2, -0.15) is 0 Å². The number of imidazole rings is 1. The molecule has 5 nitrogen and oxygen atoms in total. The van der Waals surface area contributed by atoms with Crippen LogP contribution >= 0.6 is 58.2 Å². The number of fused-ring (bicyclic) bond motifs is 1. The molecule has 0 radical (unpaired) electrons. The minimum atomic E-state index is -1.22.